The maximum atomic E-state index is 4.51. The molecule has 2 heterocycles. The number of nitrogens with zero attached hydrogens (tertiary/aromatic N) is 3. The van der Waals surface area contributed by atoms with Crippen molar-refractivity contribution in [1.82, 2.24) is 14.9 Å². The highest BCUT2D eigenvalue weighted by atomic mass is 15.2. The van der Waals surface area contributed by atoms with E-state index in [1.807, 2.05) is 19.4 Å². The number of hydrogen-bond donors (Lipinski definition) is 1. The molecule has 1 aromatic heterocycles. The van der Waals surface area contributed by atoms with Gasteiger partial charge < -0.3 is 5.32 Å². The predicted molar refractivity (Wildman–Crippen MR) is 77.0 cm³/mol. The average Bonchev–Trinajstić information content (AvgIpc) is 2.48. The molecule has 0 spiro atoms. The van der Waals surface area contributed by atoms with Crippen molar-refractivity contribution in [3.05, 3.63) is 18.1 Å². The van der Waals surface area contributed by atoms with Gasteiger partial charge in [0.2, 0.25) is 0 Å². The number of anilines is 1. The van der Waals surface area contributed by atoms with Crippen LogP contribution in [0.3, 0.4) is 0 Å². The topological polar surface area (TPSA) is 41.1 Å². The van der Waals surface area contributed by atoms with Gasteiger partial charge in [-0.1, -0.05) is 12.8 Å². The summed E-state index contributed by atoms with van der Waals surface area (Å²) in [5, 5.41) is 3.02. The molecular weight excluding hydrogens is 236 g/mol. The summed E-state index contributed by atoms with van der Waals surface area (Å²) in [6, 6.07) is 0.799. The number of piperidine rings is 1. The second-order valence-electron chi connectivity index (χ2n) is 5.87. The van der Waals surface area contributed by atoms with Crippen molar-refractivity contribution in [2.45, 2.75) is 51.1 Å². The molecule has 0 aromatic carbocycles. The van der Waals surface area contributed by atoms with Crippen molar-refractivity contribution in [1.29, 1.82) is 0 Å². The van der Waals surface area contributed by atoms with Gasteiger partial charge in [-0.2, -0.15) is 0 Å². The van der Waals surface area contributed by atoms with E-state index < -0.39 is 0 Å². The molecule has 104 valence electrons. The van der Waals surface area contributed by atoms with Gasteiger partial charge in [-0.15, -0.1) is 0 Å². The summed E-state index contributed by atoms with van der Waals surface area (Å²) in [5.41, 5.74) is 1.10. The van der Waals surface area contributed by atoms with Crippen molar-refractivity contribution in [2.24, 2.45) is 5.92 Å². The van der Waals surface area contributed by atoms with E-state index in [4.69, 9.17) is 0 Å². The van der Waals surface area contributed by atoms with Crippen molar-refractivity contribution in [3.63, 3.8) is 0 Å². The van der Waals surface area contributed by atoms with E-state index in [2.05, 4.69) is 20.2 Å². The number of nitrogens with one attached hydrogen (secondary N) is 1. The smallest absolute Gasteiger partial charge is 0.144 e. The van der Waals surface area contributed by atoms with Crippen molar-refractivity contribution in [2.75, 3.05) is 18.9 Å². The lowest BCUT2D eigenvalue weighted by Crippen LogP contribution is -2.46. The predicted octanol–water partition coefficient (Wildman–Crippen LogP) is 2.67. The zero-order valence-electron chi connectivity index (χ0n) is 11.8. The fourth-order valence-corrected chi connectivity index (χ4v) is 3.70. The van der Waals surface area contributed by atoms with Crippen LogP contribution in [0.1, 0.15) is 44.2 Å². The van der Waals surface area contributed by atoms with Gasteiger partial charge in [0.25, 0.3) is 0 Å². The Balaban J connectivity index is 1.66. The molecule has 2 fully saturated rings. The van der Waals surface area contributed by atoms with Crippen LogP contribution in [-0.4, -0.2) is 34.5 Å². The average molecular weight is 260 g/mol. The van der Waals surface area contributed by atoms with Crippen LogP contribution in [0.5, 0.6) is 0 Å². The first-order valence-electron chi connectivity index (χ1n) is 7.59. The molecule has 1 saturated carbocycles. The Labute approximate surface area is 115 Å². The fraction of sp³-hybridized carbons (Fsp3) is 0.733. The normalized spacial score (nSPS) is 27.8. The third-order valence-electron chi connectivity index (χ3n) is 4.68. The van der Waals surface area contributed by atoms with E-state index in [1.54, 1.807) is 0 Å². The highest BCUT2D eigenvalue weighted by Gasteiger charge is 2.33. The summed E-state index contributed by atoms with van der Waals surface area (Å²) in [6.07, 6.45) is 12.2. The second-order valence-corrected chi connectivity index (χ2v) is 5.87. The maximum absolute atomic E-state index is 4.51. The molecule has 1 saturated heterocycles. The highest BCUT2D eigenvalue weighted by molar-refractivity contribution is 5.29. The lowest BCUT2D eigenvalue weighted by atomic mass is 9.78. The molecule has 4 heteroatoms. The van der Waals surface area contributed by atoms with Crippen LogP contribution in [0.15, 0.2) is 12.4 Å². The quantitative estimate of drug-likeness (QED) is 0.907. The van der Waals surface area contributed by atoms with Crippen LogP contribution in [0, 0.1) is 5.92 Å². The number of rotatable bonds is 3. The van der Waals surface area contributed by atoms with Crippen LogP contribution < -0.4 is 5.32 Å². The summed E-state index contributed by atoms with van der Waals surface area (Å²) in [7, 11) is 1.88. The summed E-state index contributed by atoms with van der Waals surface area (Å²) >= 11 is 0. The van der Waals surface area contributed by atoms with Gasteiger partial charge in [0, 0.05) is 19.6 Å². The number of fused-ring (bicyclic) bond motifs is 1. The van der Waals surface area contributed by atoms with Crippen LogP contribution in [0.2, 0.25) is 0 Å². The van der Waals surface area contributed by atoms with E-state index >= 15 is 0 Å². The van der Waals surface area contributed by atoms with E-state index in [-0.39, 0.29) is 0 Å². The first-order valence-corrected chi connectivity index (χ1v) is 7.59. The van der Waals surface area contributed by atoms with E-state index in [0.717, 1.165) is 30.0 Å². The summed E-state index contributed by atoms with van der Waals surface area (Å²) < 4.78 is 0. The zero-order valence-corrected chi connectivity index (χ0v) is 11.8. The van der Waals surface area contributed by atoms with Crippen molar-refractivity contribution < 1.29 is 0 Å². The first-order chi connectivity index (χ1) is 9.36. The van der Waals surface area contributed by atoms with Gasteiger partial charge in [0.05, 0.1) is 18.1 Å². The second kappa shape index (κ2) is 5.87. The molecule has 1 aliphatic carbocycles. The number of likely N-dealkylation sites (tertiary alicyclic amines) is 1. The molecule has 4 nitrogen and oxygen atoms in total. The van der Waals surface area contributed by atoms with Gasteiger partial charge in [-0.3, -0.25) is 9.88 Å². The van der Waals surface area contributed by atoms with Crippen molar-refractivity contribution in [3.8, 4) is 0 Å². The molecule has 2 unspecified atom stereocenters. The lowest BCUT2D eigenvalue weighted by Gasteiger charge is -2.44. The third-order valence-corrected chi connectivity index (χ3v) is 4.68. The molecule has 2 atom stereocenters. The van der Waals surface area contributed by atoms with Crippen molar-refractivity contribution >= 4 is 5.82 Å². The Morgan fingerprint density at radius 3 is 2.79 bits per heavy atom. The van der Waals surface area contributed by atoms with E-state index in [0.29, 0.717) is 0 Å². The molecule has 1 aliphatic heterocycles. The Bertz CT molecular complexity index is 401. The van der Waals surface area contributed by atoms with Gasteiger partial charge >= 0.3 is 0 Å². The van der Waals surface area contributed by atoms with Gasteiger partial charge in [-0.05, 0) is 38.1 Å². The molecule has 0 radical (unpaired) electrons. The minimum atomic E-state index is 0.799. The highest BCUT2D eigenvalue weighted by Crippen LogP contribution is 2.35. The summed E-state index contributed by atoms with van der Waals surface area (Å²) in [5.74, 6) is 1.78. The lowest BCUT2D eigenvalue weighted by molar-refractivity contribution is 0.0536. The molecular formula is C15H24N4. The SMILES string of the molecule is CNc1cnc(CN2CCCC3CCCCC32)cn1. The Morgan fingerprint density at radius 2 is 2.00 bits per heavy atom. The minimum absolute atomic E-state index is 0.799. The molecule has 19 heavy (non-hydrogen) atoms. The Morgan fingerprint density at radius 1 is 1.16 bits per heavy atom. The van der Waals surface area contributed by atoms with Crippen LogP contribution in [0.25, 0.3) is 0 Å². The van der Waals surface area contributed by atoms with Gasteiger partial charge in [0.1, 0.15) is 5.82 Å². The monoisotopic (exact) mass is 260 g/mol. The number of aromatic nitrogens is 2. The van der Waals surface area contributed by atoms with Gasteiger partial charge in [-0.25, -0.2) is 4.98 Å². The van der Waals surface area contributed by atoms with Crippen LogP contribution in [0.4, 0.5) is 5.82 Å². The summed E-state index contributed by atoms with van der Waals surface area (Å²) in [4.78, 5) is 11.5. The molecule has 3 rings (SSSR count). The van der Waals surface area contributed by atoms with E-state index in [9.17, 15) is 0 Å². The Kier molecular flexibility index (Phi) is 3.97. The zero-order chi connectivity index (χ0) is 13.1. The molecule has 1 aromatic rings. The first kappa shape index (κ1) is 12.9. The number of hydrogen-bond acceptors (Lipinski definition) is 4. The van der Waals surface area contributed by atoms with E-state index in [1.165, 1.54) is 45.1 Å². The molecule has 0 bridgehead atoms. The maximum Gasteiger partial charge on any atom is 0.144 e. The molecule has 1 N–H and O–H groups in total. The molecule has 2 aliphatic rings. The van der Waals surface area contributed by atoms with Crippen LogP contribution >= 0.6 is 0 Å². The Hall–Kier alpha value is -1.16. The fourth-order valence-electron chi connectivity index (χ4n) is 3.70. The largest absolute Gasteiger partial charge is 0.372 e. The van der Waals surface area contributed by atoms with Crippen LogP contribution in [-0.2, 0) is 6.54 Å². The minimum Gasteiger partial charge on any atom is -0.372 e. The molecule has 0 amide bonds. The summed E-state index contributed by atoms with van der Waals surface area (Å²) in [6.45, 7) is 2.20. The third kappa shape index (κ3) is 2.89. The van der Waals surface area contributed by atoms with Gasteiger partial charge in [0.15, 0.2) is 0 Å². The standard InChI is InChI=1S/C15H24N4/c1-16-15-10-17-13(9-18-15)11-19-8-4-6-12-5-2-3-7-14(12)19/h9-10,12,14H,2-8,11H2,1H3,(H,16,18).